The molecule has 0 bridgehead atoms. The van der Waals surface area contributed by atoms with Crippen LogP contribution < -0.4 is 4.74 Å². The zero-order chi connectivity index (χ0) is 15.1. The SMILES string of the molecule is COc1cccc2c(-c3cc(C(=O)O)on3)c(C)n(C)c12. The summed E-state index contributed by atoms with van der Waals surface area (Å²) in [5, 5.41) is 13.8. The summed E-state index contributed by atoms with van der Waals surface area (Å²) in [5.74, 6) is -0.556. The first-order chi connectivity index (χ1) is 10.0. The molecule has 1 aromatic carbocycles. The minimum atomic E-state index is -1.13. The third-order valence-corrected chi connectivity index (χ3v) is 3.67. The number of carboxylic acids is 1. The topological polar surface area (TPSA) is 77.5 Å². The van der Waals surface area contributed by atoms with Gasteiger partial charge >= 0.3 is 5.97 Å². The predicted molar refractivity (Wildman–Crippen MR) is 76.7 cm³/mol. The Morgan fingerprint density at radius 3 is 2.81 bits per heavy atom. The number of carboxylic acid groups (broad SMARTS) is 1. The van der Waals surface area contributed by atoms with E-state index in [4.69, 9.17) is 14.4 Å². The Kier molecular flexibility index (Phi) is 2.94. The highest BCUT2D eigenvalue weighted by molar-refractivity contribution is 6.00. The fourth-order valence-corrected chi connectivity index (χ4v) is 2.58. The van der Waals surface area contributed by atoms with Gasteiger partial charge in [0.15, 0.2) is 0 Å². The summed E-state index contributed by atoms with van der Waals surface area (Å²) >= 11 is 0. The van der Waals surface area contributed by atoms with Crippen molar-refractivity contribution in [2.75, 3.05) is 7.11 Å². The minimum Gasteiger partial charge on any atom is -0.495 e. The molecule has 0 spiro atoms. The van der Waals surface area contributed by atoms with Crippen LogP contribution >= 0.6 is 0 Å². The highest BCUT2D eigenvalue weighted by Gasteiger charge is 2.20. The average Bonchev–Trinajstić information content (AvgIpc) is 3.04. The van der Waals surface area contributed by atoms with Crippen LogP contribution in [0.5, 0.6) is 5.75 Å². The van der Waals surface area contributed by atoms with Crippen molar-refractivity contribution in [1.29, 1.82) is 0 Å². The number of rotatable bonds is 3. The third-order valence-electron chi connectivity index (χ3n) is 3.67. The largest absolute Gasteiger partial charge is 0.495 e. The summed E-state index contributed by atoms with van der Waals surface area (Å²) < 4.78 is 12.3. The second-order valence-electron chi connectivity index (χ2n) is 4.76. The highest BCUT2D eigenvalue weighted by atomic mass is 16.5. The summed E-state index contributed by atoms with van der Waals surface area (Å²) in [6.07, 6.45) is 0. The summed E-state index contributed by atoms with van der Waals surface area (Å²) in [4.78, 5) is 10.9. The van der Waals surface area contributed by atoms with Crippen LogP contribution in [-0.2, 0) is 7.05 Å². The van der Waals surface area contributed by atoms with Gasteiger partial charge in [-0.05, 0) is 13.0 Å². The van der Waals surface area contributed by atoms with E-state index in [0.717, 1.165) is 27.9 Å². The molecule has 0 unspecified atom stereocenters. The second-order valence-corrected chi connectivity index (χ2v) is 4.76. The molecule has 0 atom stereocenters. The molecule has 3 aromatic rings. The number of hydrogen-bond donors (Lipinski definition) is 1. The van der Waals surface area contributed by atoms with Crippen LogP contribution in [0.1, 0.15) is 16.2 Å². The highest BCUT2D eigenvalue weighted by Crippen LogP contribution is 2.37. The lowest BCUT2D eigenvalue weighted by molar-refractivity contribution is 0.0652. The van der Waals surface area contributed by atoms with Crippen molar-refractivity contribution in [2.24, 2.45) is 7.05 Å². The number of methoxy groups -OCH3 is 1. The Hall–Kier alpha value is -2.76. The molecule has 3 rings (SSSR count). The smallest absolute Gasteiger partial charge is 0.374 e. The Balaban J connectivity index is 2.32. The van der Waals surface area contributed by atoms with Gasteiger partial charge in [-0.2, -0.15) is 0 Å². The number of carbonyl (C=O) groups is 1. The molecule has 2 heterocycles. The molecule has 0 radical (unpaired) electrons. The number of benzene rings is 1. The van der Waals surface area contributed by atoms with Gasteiger partial charge in [0, 0.05) is 29.8 Å². The fraction of sp³-hybridized carbons (Fsp3) is 0.200. The van der Waals surface area contributed by atoms with Gasteiger partial charge in [0.2, 0.25) is 5.76 Å². The van der Waals surface area contributed by atoms with Gasteiger partial charge in [-0.3, -0.25) is 0 Å². The maximum atomic E-state index is 10.9. The van der Waals surface area contributed by atoms with Gasteiger partial charge in [0.05, 0.1) is 12.6 Å². The lowest BCUT2D eigenvalue weighted by Gasteiger charge is -2.04. The fourth-order valence-electron chi connectivity index (χ4n) is 2.58. The average molecular weight is 286 g/mol. The van der Waals surface area contributed by atoms with E-state index in [-0.39, 0.29) is 5.76 Å². The van der Waals surface area contributed by atoms with Gasteiger partial charge in [-0.15, -0.1) is 0 Å². The molecule has 0 aliphatic rings. The minimum absolute atomic E-state index is 0.177. The Morgan fingerprint density at radius 2 is 2.19 bits per heavy atom. The zero-order valence-electron chi connectivity index (χ0n) is 11.9. The van der Waals surface area contributed by atoms with Crippen molar-refractivity contribution in [3.8, 4) is 17.0 Å². The number of hydrogen-bond acceptors (Lipinski definition) is 4. The molecule has 6 heteroatoms. The molecule has 6 nitrogen and oxygen atoms in total. The first kappa shape index (κ1) is 13.2. The molecule has 0 amide bonds. The second kappa shape index (κ2) is 4.66. The van der Waals surface area contributed by atoms with Gasteiger partial charge in [-0.25, -0.2) is 4.79 Å². The lowest BCUT2D eigenvalue weighted by Crippen LogP contribution is -1.93. The van der Waals surface area contributed by atoms with Crippen LogP contribution in [0.4, 0.5) is 0 Å². The zero-order valence-corrected chi connectivity index (χ0v) is 11.9. The number of aromatic nitrogens is 2. The summed E-state index contributed by atoms with van der Waals surface area (Å²) in [7, 11) is 3.55. The summed E-state index contributed by atoms with van der Waals surface area (Å²) in [6.45, 7) is 1.95. The third kappa shape index (κ3) is 1.87. The van der Waals surface area contributed by atoms with Crippen molar-refractivity contribution in [3.05, 3.63) is 35.7 Å². The molecule has 21 heavy (non-hydrogen) atoms. The van der Waals surface area contributed by atoms with Crippen LogP contribution in [0.25, 0.3) is 22.2 Å². The number of fused-ring (bicyclic) bond motifs is 1. The van der Waals surface area contributed by atoms with Crippen LogP contribution in [0, 0.1) is 6.92 Å². The van der Waals surface area contributed by atoms with Crippen LogP contribution in [0.3, 0.4) is 0 Å². The van der Waals surface area contributed by atoms with E-state index in [2.05, 4.69) is 5.16 Å². The van der Waals surface area contributed by atoms with Crippen molar-refractivity contribution in [1.82, 2.24) is 9.72 Å². The van der Waals surface area contributed by atoms with Crippen LogP contribution in [0.2, 0.25) is 0 Å². The quantitative estimate of drug-likeness (QED) is 0.801. The molecule has 1 N–H and O–H groups in total. The van der Waals surface area contributed by atoms with Crippen LogP contribution in [0.15, 0.2) is 28.8 Å². The molecule has 0 aliphatic carbocycles. The van der Waals surface area contributed by atoms with Crippen molar-refractivity contribution < 1.29 is 19.2 Å². The Morgan fingerprint density at radius 1 is 1.43 bits per heavy atom. The van der Waals surface area contributed by atoms with E-state index in [1.807, 2.05) is 36.7 Å². The molecule has 0 fully saturated rings. The van der Waals surface area contributed by atoms with E-state index in [9.17, 15) is 4.79 Å². The number of ether oxygens (including phenoxy) is 1. The van der Waals surface area contributed by atoms with Gasteiger partial charge in [0.25, 0.3) is 0 Å². The summed E-state index contributed by atoms with van der Waals surface area (Å²) in [5.41, 5.74) is 3.25. The van der Waals surface area contributed by atoms with Crippen molar-refractivity contribution in [3.63, 3.8) is 0 Å². The van der Waals surface area contributed by atoms with Crippen LogP contribution in [-0.4, -0.2) is 27.9 Å². The number of aromatic carboxylic acids is 1. The first-order valence-electron chi connectivity index (χ1n) is 6.37. The molecular weight excluding hydrogens is 272 g/mol. The molecule has 2 aromatic heterocycles. The number of para-hydroxylation sites is 1. The normalized spacial score (nSPS) is 11.0. The van der Waals surface area contributed by atoms with E-state index < -0.39 is 5.97 Å². The van der Waals surface area contributed by atoms with Gasteiger partial charge in [-0.1, -0.05) is 17.3 Å². The number of nitrogens with zero attached hydrogens (tertiary/aromatic N) is 2. The maximum Gasteiger partial charge on any atom is 0.374 e. The standard InChI is InChI=1S/C15H14N2O4/c1-8-13(10-7-12(15(18)19)21-16-10)9-5-4-6-11(20-3)14(9)17(8)2/h4-7H,1-3H3,(H,18,19). The Bertz CT molecular complexity index is 845. The van der Waals surface area contributed by atoms with Gasteiger partial charge in [0.1, 0.15) is 11.4 Å². The molecule has 108 valence electrons. The van der Waals surface area contributed by atoms with E-state index in [1.54, 1.807) is 7.11 Å². The maximum absolute atomic E-state index is 10.9. The first-order valence-corrected chi connectivity index (χ1v) is 6.37. The predicted octanol–water partition coefficient (Wildman–Crippen LogP) is 2.85. The van der Waals surface area contributed by atoms with Crippen molar-refractivity contribution >= 4 is 16.9 Å². The van der Waals surface area contributed by atoms with E-state index in [0.29, 0.717) is 5.69 Å². The van der Waals surface area contributed by atoms with Crippen molar-refractivity contribution in [2.45, 2.75) is 6.92 Å². The Labute approximate surface area is 120 Å². The lowest BCUT2D eigenvalue weighted by atomic mass is 10.1. The summed E-state index contributed by atoms with van der Waals surface area (Å²) in [6, 6.07) is 7.16. The molecular formula is C15H14N2O4. The monoisotopic (exact) mass is 286 g/mol. The molecule has 0 aliphatic heterocycles. The van der Waals surface area contributed by atoms with Gasteiger partial charge < -0.3 is 18.9 Å². The molecule has 0 saturated carbocycles. The molecule has 0 saturated heterocycles. The van der Waals surface area contributed by atoms with E-state index in [1.165, 1.54) is 6.07 Å². The number of aryl methyl sites for hydroxylation is 1. The van der Waals surface area contributed by atoms with E-state index >= 15 is 0 Å².